The molecule has 17 heavy (non-hydrogen) atoms. The quantitative estimate of drug-likeness (QED) is 0.867. The number of rotatable bonds is 4. The molecular formula is C11H19ClN4O. The summed E-state index contributed by atoms with van der Waals surface area (Å²) < 4.78 is 1.47. The van der Waals surface area contributed by atoms with E-state index in [-0.39, 0.29) is 17.3 Å². The lowest BCUT2D eigenvalue weighted by molar-refractivity contribution is -0.125. The zero-order chi connectivity index (χ0) is 13.2. The number of carbonyl (C=O) groups is 1. The number of hydrogen-bond donors (Lipinski definition) is 2. The van der Waals surface area contributed by atoms with Gasteiger partial charge < -0.3 is 11.1 Å². The third-order valence-corrected chi connectivity index (χ3v) is 3.13. The van der Waals surface area contributed by atoms with Gasteiger partial charge in [0.25, 0.3) is 0 Å². The van der Waals surface area contributed by atoms with Crippen LogP contribution in [0.15, 0.2) is 6.20 Å². The van der Waals surface area contributed by atoms with Crippen LogP contribution in [0.3, 0.4) is 0 Å². The molecule has 1 rings (SSSR count). The number of hydrogen-bond acceptors (Lipinski definition) is 3. The molecule has 0 fully saturated rings. The Hall–Kier alpha value is -1.23. The van der Waals surface area contributed by atoms with E-state index in [1.54, 1.807) is 13.1 Å². The Morgan fingerprint density at radius 1 is 1.71 bits per heavy atom. The minimum absolute atomic E-state index is 0.101. The van der Waals surface area contributed by atoms with E-state index in [4.69, 9.17) is 17.3 Å². The van der Waals surface area contributed by atoms with Gasteiger partial charge in [0, 0.05) is 11.7 Å². The van der Waals surface area contributed by atoms with Crippen molar-refractivity contribution in [2.75, 3.05) is 5.73 Å². The second kappa shape index (κ2) is 4.96. The van der Waals surface area contributed by atoms with Crippen molar-refractivity contribution in [1.29, 1.82) is 0 Å². The number of nitrogens with two attached hydrogens (primary N) is 1. The minimum atomic E-state index is -0.435. The van der Waals surface area contributed by atoms with Crippen LogP contribution in [-0.2, 0) is 4.79 Å². The summed E-state index contributed by atoms with van der Waals surface area (Å²) in [5, 5.41) is 7.30. The molecule has 1 atom stereocenters. The second-order valence-electron chi connectivity index (χ2n) is 4.74. The van der Waals surface area contributed by atoms with Crippen LogP contribution in [-0.4, -0.2) is 21.2 Å². The molecule has 5 nitrogen and oxygen atoms in total. The predicted molar refractivity (Wildman–Crippen MR) is 68.9 cm³/mol. The summed E-state index contributed by atoms with van der Waals surface area (Å²) in [6.07, 6.45) is 2.41. The molecule has 0 spiro atoms. The Balaban J connectivity index is 2.77. The highest BCUT2D eigenvalue weighted by Gasteiger charge is 2.23. The fourth-order valence-corrected chi connectivity index (χ4v) is 1.37. The minimum Gasteiger partial charge on any atom is -0.381 e. The number of aromatic nitrogens is 2. The molecule has 1 unspecified atom stereocenters. The van der Waals surface area contributed by atoms with Crippen molar-refractivity contribution in [3.63, 3.8) is 0 Å². The SMILES string of the molecule is CCC(C)(C)NC(=O)C(C)n1cc(Cl)c(N)n1. The summed E-state index contributed by atoms with van der Waals surface area (Å²) in [5.74, 6) is 0.136. The van der Waals surface area contributed by atoms with Crippen LogP contribution in [0.1, 0.15) is 40.2 Å². The summed E-state index contributed by atoms with van der Waals surface area (Å²) in [6.45, 7) is 7.72. The molecule has 1 amide bonds. The highest BCUT2D eigenvalue weighted by atomic mass is 35.5. The van der Waals surface area contributed by atoms with Gasteiger partial charge in [-0.05, 0) is 27.2 Å². The Kier molecular flexibility index (Phi) is 4.03. The fraction of sp³-hybridized carbons (Fsp3) is 0.636. The Labute approximate surface area is 106 Å². The van der Waals surface area contributed by atoms with Crippen molar-refractivity contribution >= 4 is 23.3 Å². The molecule has 1 aromatic heterocycles. The topological polar surface area (TPSA) is 72.9 Å². The van der Waals surface area contributed by atoms with Crippen LogP contribution in [0.2, 0.25) is 5.02 Å². The smallest absolute Gasteiger partial charge is 0.244 e. The van der Waals surface area contributed by atoms with Crippen molar-refractivity contribution in [2.24, 2.45) is 0 Å². The van der Waals surface area contributed by atoms with Gasteiger partial charge in [-0.25, -0.2) is 0 Å². The van der Waals surface area contributed by atoms with E-state index in [9.17, 15) is 4.79 Å². The molecule has 0 aliphatic heterocycles. The first-order valence-corrected chi connectivity index (χ1v) is 5.97. The van der Waals surface area contributed by atoms with Crippen LogP contribution < -0.4 is 11.1 Å². The standard InChI is InChI=1S/C11H19ClN4O/c1-5-11(3,4)14-10(17)7(2)16-6-8(12)9(13)15-16/h6-7H,5H2,1-4H3,(H2,13,15)(H,14,17). The molecule has 0 saturated carbocycles. The molecule has 1 heterocycles. The molecular weight excluding hydrogens is 240 g/mol. The van der Waals surface area contributed by atoms with Crippen molar-refractivity contribution < 1.29 is 4.79 Å². The maximum Gasteiger partial charge on any atom is 0.244 e. The zero-order valence-electron chi connectivity index (χ0n) is 10.6. The molecule has 0 aliphatic carbocycles. The number of nitrogens with zero attached hydrogens (tertiary/aromatic N) is 2. The van der Waals surface area contributed by atoms with Crippen LogP contribution in [0.5, 0.6) is 0 Å². The lowest BCUT2D eigenvalue weighted by Gasteiger charge is -2.26. The largest absolute Gasteiger partial charge is 0.381 e. The predicted octanol–water partition coefficient (Wildman–Crippen LogP) is 1.98. The normalized spacial score (nSPS) is 13.5. The molecule has 0 saturated heterocycles. The van der Waals surface area contributed by atoms with Gasteiger partial charge in [-0.1, -0.05) is 18.5 Å². The first-order valence-electron chi connectivity index (χ1n) is 5.59. The molecule has 0 bridgehead atoms. The Morgan fingerprint density at radius 3 is 2.71 bits per heavy atom. The molecule has 6 heteroatoms. The highest BCUT2D eigenvalue weighted by molar-refractivity contribution is 6.32. The van der Waals surface area contributed by atoms with Gasteiger partial charge in [-0.2, -0.15) is 5.10 Å². The molecule has 1 aromatic rings. The number of halogens is 1. The van der Waals surface area contributed by atoms with Gasteiger partial charge in [0.2, 0.25) is 5.91 Å². The Bertz CT molecular complexity index is 394. The monoisotopic (exact) mass is 258 g/mol. The lowest BCUT2D eigenvalue weighted by Crippen LogP contribution is -2.45. The van der Waals surface area contributed by atoms with E-state index in [1.165, 1.54) is 4.68 Å². The van der Waals surface area contributed by atoms with E-state index in [0.717, 1.165) is 6.42 Å². The second-order valence-corrected chi connectivity index (χ2v) is 5.15. The lowest BCUT2D eigenvalue weighted by atomic mass is 10.0. The molecule has 3 N–H and O–H groups in total. The maximum absolute atomic E-state index is 12.0. The molecule has 0 aromatic carbocycles. The number of anilines is 1. The number of nitrogens with one attached hydrogen (secondary N) is 1. The summed E-state index contributed by atoms with van der Waals surface area (Å²) in [6, 6.07) is -0.435. The van der Waals surface area contributed by atoms with Gasteiger partial charge >= 0.3 is 0 Å². The number of amides is 1. The summed E-state index contributed by atoms with van der Waals surface area (Å²) >= 11 is 5.80. The fourth-order valence-electron chi connectivity index (χ4n) is 1.23. The van der Waals surface area contributed by atoms with E-state index >= 15 is 0 Å². The van der Waals surface area contributed by atoms with E-state index < -0.39 is 6.04 Å². The van der Waals surface area contributed by atoms with Crippen molar-refractivity contribution in [3.05, 3.63) is 11.2 Å². The number of nitrogen functional groups attached to an aromatic ring is 1. The summed E-state index contributed by atoms with van der Waals surface area (Å²) in [4.78, 5) is 12.0. The van der Waals surface area contributed by atoms with E-state index in [2.05, 4.69) is 10.4 Å². The van der Waals surface area contributed by atoms with Crippen molar-refractivity contribution in [2.45, 2.75) is 45.7 Å². The van der Waals surface area contributed by atoms with E-state index in [1.807, 2.05) is 20.8 Å². The average molecular weight is 259 g/mol. The van der Waals surface area contributed by atoms with Gasteiger partial charge in [-0.15, -0.1) is 0 Å². The van der Waals surface area contributed by atoms with Gasteiger partial charge in [0.15, 0.2) is 5.82 Å². The van der Waals surface area contributed by atoms with Gasteiger partial charge in [0.1, 0.15) is 11.1 Å². The Morgan fingerprint density at radius 2 is 2.29 bits per heavy atom. The maximum atomic E-state index is 12.0. The molecule has 0 aliphatic rings. The molecule has 0 radical (unpaired) electrons. The van der Waals surface area contributed by atoms with Gasteiger partial charge in [-0.3, -0.25) is 9.48 Å². The van der Waals surface area contributed by atoms with Gasteiger partial charge in [0.05, 0.1) is 0 Å². The van der Waals surface area contributed by atoms with Crippen LogP contribution in [0, 0.1) is 0 Å². The van der Waals surface area contributed by atoms with Crippen LogP contribution in [0.4, 0.5) is 5.82 Å². The van der Waals surface area contributed by atoms with Crippen LogP contribution >= 0.6 is 11.6 Å². The first kappa shape index (κ1) is 13.8. The zero-order valence-corrected chi connectivity index (χ0v) is 11.4. The third kappa shape index (κ3) is 3.36. The molecule has 96 valence electrons. The first-order chi connectivity index (χ1) is 7.76. The third-order valence-electron chi connectivity index (χ3n) is 2.84. The average Bonchev–Trinajstić information content (AvgIpc) is 2.57. The number of carbonyl (C=O) groups excluding carboxylic acids is 1. The van der Waals surface area contributed by atoms with Crippen molar-refractivity contribution in [3.8, 4) is 0 Å². The highest BCUT2D eigenvalue weighted by Crippen LogP contribution is 2.19. The van der Waals surface area contributed by atoms with E-state index in [0.29, 0.717) is 5.02 Å². The summed E-state index contributed by atoms with van der Waals surface area (Å²) in [7, 11) is 0. The van der Waals surface area contributed by atoms with Crippen molar-refractivity contribution in [1.82, 2.24) is 15.1 Å². The summed E-state index contributed by atoms with van der Waals surface area (Å²) in [5.41, 5.74) is 5.31. The van der Waals surface area contributed by atoms with Crippen LogP contribution in [0.25, 0.3) is 0 Å².